The average Bonchev–Trinajstić information content (AvgIpc) is 2.80. The standard InChI is InChI=1S/C28H32P/c1-2-3-4-5-6-7-8-18-25-29(26-19-12-9-13-20-26,27-21-14-10-15-22-27)28-23-16-11-17-24-28/h9-17,19-24H,2-8H2,1H3/q+1. The molecule has 0 aromatic heterocycles. The molecule has 0 aliphatic carbocycles. The van der Waals surface area contributed by atoms with Crippen LogP contribution in [0.1, 0.15) is 51.9 Å². The van der Waals surface area contributed by atoms with E-state index in [4.69, 9.17) is 0 Å². The minimum Gasteiger partial charge on any atom is -0.0654 e. The molecule has 0 unspecified atom stereocenters. The average molecular weight is 400 g/mol. The van der Waals surface area contributed by atoms with Crippen molar-refractivity contribution in [2.24, 2.45) is 0 Å². The highest BCUT2D eigenvalue weighted by Gasteiger charge is 2.44. The van der Waals surface area contributed by atoms with Crippen molar-refractivity contribution in [1.82, 2.24) is 0 Å². The lowest BCUT2D eigenvalue weighted by molar-refractivity contribution is 0.614. The molecule has 0 radical (unpaired) electrons. The minimum atomic E-state index is -1.98. The Morgan fingerprint density at radius 3 is 1.41 bits per heavy atom. The van der Waals surface area contributed by atoms with Gasteiger partial charge in [0.25, 0.3) is 0 Å². The molecule has 0 aliphatic rings. The topological polar surface area (TPSA) is 0 Å². The second kappa shape index (κ2) is 11.6. The number of hydrogen-bond acceptors (Lipinski definition) is 0. The fourth-order valence-electron chi connectivity index (χ4n) is 3.76. The summed E-state index contributed by atoms with van der Waals surface area (Å²) in [4.78, 5) is 0. The van der Waals surface area contributed by atoms with Gasteiger partial charge in [-0.15, -0.1) is 0 Å². The van der Waals surface area contributed by atoms with Crippen molar-refractivity contribution >= 4 is 23.2 Å². The van der Waals surface area contributed by atoms with Crippen LogP contribution in [-0.4, -0.2) is 0 Å². The highest BCUT2D eigenvalue weighted by Crippen LogP contribution is 2.54. The zero-order valence-corrected chi connectivity index (χ0v) is 18.5. The lowest BCUT2D eigenvalue weighted by Gasteiger charge is -2.21. The van der Waals surface area contributed by atoms with Gasteiger partial charge in [-0.3, -0.25) is 0 Å². The highest BCUT2D eigenvalue weighted by molar-refractivity contribution is 7.99. The molecule has 0 fully saturated rings. The third-order valence-corrected chi connectivity index (χ3v) is 9.04. The zero-order valence-electron chi connectivity index (χ0n) is 17.6. The monoisotopic (exact) mass is 399 g/mol. The molecule has 1 heteroatoms. The quantitative estimate of drug-likeness (QED) is 0.214. The first kappa shape index (κ1) is 21.4. The molecule has 0 aliphatic heterocycles. The molecule has 0 saturated carbocycles. The third kappa shape index (κ3) is 5.59. The van der Waals surface area contributed by atoms with E-state index in [1.807, 2.05) is 0 Å². The summed E-state index contributed by atoms with van der Waals surface area (Å²) in [7, 11) is -1.98. The van der Waals surface area contributed by atoms with Gasteiger partial charge in [0.1, 0.15) is 15.9 Å². The number of hydrogen-bond donors (Lipinski definition) is 0. The molecule has 0 spiro atoms. The summed E-state index contributed by atoms with van der Waals surface area (Å²) in [6, 6.07) is 32.7. The fourth-order valence-corrected chi connectivity index (χ4v) is 7.25. The Kier molecular flexibility index (Phi) is 8.55. The third-order valence-electron chi connectivity index (χ3n) is 5.33. The van der Waals surface area contributed by atoms with Gasteiger partial charge in [-0.2, -0.15) is 0 Å². The Balaban J connectivity index is 1.95. The second-order valence-electron chi connectivity index (χ2n) is 7.48. The predicted octanol–water partition coefficient (Wildman–Crippen LogP) is 6.69. The first-order valence-corrected chi connectivity index (χ1v) is 12.7. The lowest BCUT2D eigenvalue weighted by atomic mass is 10.1. The molecule has 0 nitrogen and oxygen atoms in total. The molecule has 3 aromatic rings. The molecule has 29 heavy (non-hydrogen) atoms. The van der Waals surface area contributed by atoms with Crippen LogP contribution in [0.3, 0.4) is 0 Å². The van der Waals surface area contributed by atoms with Crippen molar-refractivity contribution < 1.29 is 0 Å². The van der Waals surface area contributed by atoms with Crippen LogP contribution in [0.2, 0.25) is 0 Å². The SMILES string of the molecule is CCCCCCCCC#C[P+](c1ccccc1)(c1ccccc1)c1ccccc1. The van der Waals surface area contributed by atoms with E-state index in [-0.39, 0.29) is 0 Å². The van der Waals surface area contributed by atoms with E-state index >= 15 is 0 Å². The first-order valence-electron chi connectivity index (χ1n) is 10.9. The van der Waals surface area contributed by atoms with Crippen molar-refractivity contribution in [3.63, 3.8) is 0 Å². The molecule has 3 aromatic carbocycles. The fraction of sp³-hybridized carbons (Fsp3) is 0.286. The maximum atomic E-state index is 3.85. The molecule has 0 heterocycles. The van der Waals surface area contributed by atoms with Gasteiger partial charge in [0.05, 0.1) is 5.66 Å². The van der Waals surface area contributed by atoms with E-state index in [9.17, 15) is 0 Å². The molecule has 0 atom stereocenters. The molecule has 148 valence electrons. The van der Waals surface area contributed by atoms with Gasteiger partial charge in [-0.1, -0.05) is 99.5 Å². The summed E-state index contributed by atoms with van der Waals surface area (Å²) in [5, 5.41) is 4.02. The van der Waals surface area contributed by atoms with Crippen LogP contribution in [0.15, 0.2) is 91.0 Å². The molecular formula is C28H32P+. The van der Waals surface area contributed by atoms with Crippen molar-refractivity contribution in [1.29, 1.82) is 0 Å². The summed E-state index contributed by atoms with van der Waals surface area (Å²) in [6.07, 6.45) is 8.84. The van der Waals surface area contributed by atoms with Gasteiger partial charge in [0.15, 0.2) is 7.26 Å². The highest BCUT2D eigenvalue weighted by atomic mass is 31.2. The Morgan fingerprint density at radius 2 is 0.966 bits per heavy atom. The number of benzene rings is 3. The van der Waals surface area contributed by atoms with Crippen LogP contribution in [-0.2, 0) is 0 Å². The van der Waals surface area contributed by atoms with Gasteiger partial charge in [0.2, 0.25) is 0 Å². The van der Waals surface area contributed by atoms with Gasteiger partial charge < -0.3 is 0 Å². The van der Waals surface area contributed by atoms with Gasteiger partial charge in [-0.05, 0) is 42.8 Å². The maximum absolute atomic E-state index is 3.85. The first-order chi connectivity index (χ1) is 14.4. The van der Waals surface area contributed by atoms with E-state index in [1.165, 1.54) is 54.4 Å². The van der Waals surface area contributed by atoms with Crippen molar-refractivity contribution in [2.45, 2.75) is 51.9 Å². The van der Waals surface area contributed by atoms with Crippen LogP contribution < -0.4 is 15.9 Å². The van der Waals surface area contributed by atoms with E-state index in [0.29, 0.717) is 0 Å². The van der Waals surface area contributed by atoms with Crippen LogP contribution in [0.5, 0.6) is 0 Å². The molecule has 0 amide bonds. The molecule has 0 bridgehead atoms. The van der Waals surface area contributed by atoms with Crippen LogP contribution in [0, 0.1) is 11.6 Å². The molecule has 0 saturated heterocycles. The van der Waals surface area contributed by atoms with E-state index in [1.54, 1.807) is 0 Å². The van der Waals surface area contributed by atoms with Crippen LogP contribution >= 0.6 is 7.26 Å². The van der Waals surface area contributed by atoms with Crippen molar-refractivity contribution in [2.75, 3.05) is 0 Å². The predicted molar refractivity (Wildman–Crippen MR) is 131 cm³/mol. The van der Waals surface area contributed by atoms with Crippen LogP contribution in [0.4, 0.5) is 0 Å². The summed E-state index contributed by atoms with van der Waals surface area (Å²) in [6.45, 7) is 2.27. The molecule has 0 N–H and O–H groups in total. The Hall–Kier alpha value is -2.35. The van der Waals surface area contributed by atoms with Gasteiger partial charge in [-0.25, -0.2) is 0 Å². The van der Waals surface area contributed by atoms with E-state index in [0.717, 1.165) is 6.42 Å². The maximum Gasteiger partial charge on any atom is 0.189 e. The second-order valence-corrected chi connectivity index (χ2v) is 10.6. The van der Waals surface area contributed by atoms with Crippen LogP contribution in [0.25, 0.3) is 0 Å². The summed E-state index contributed by atoms with van der Waals surface area (Å²) < 4.78 is 0. The van der Waals surface area contributed by atoms with Gasteiger partial charge in [0, 0.05) is 6.42 Å². The largest absolute Gasteiger partial charge is 0.189 e. The summed E-state index contributed by atoms with van der Waals surface area (Å²) >= 11 is 0. The Morgan fingerprint density at radius 1 is 0.552 bits per heavy atom. The number of unbranched alkanes of at least 4 members (excludes halogenated alkanes) is 6. The molecule has 3 rings (SSSR count). The van der Waals surface area contributed by atoms with Gasteiger partial charge >= 0.3 is 0 Å². The van der Waals surface area contributed by atoms with E-state index < -0.39 is 7.26 Å². The Labute approximate surface area is 177 Å². The summed E-state index contributed by atoms with van der Waals surface area (Å²) in [5.74, 6) is 3.61. The van der Waals surface area contributed by atoms with Crippen molar-refractivity contribution in [3.8, 4) is 11.6 Å². The smallest absolute Gasteiger partial charge is 0.0654 e. The zero-order chi connectivity index (χ0) is 20.2. The number of rotatable bonds is 9. The lowest BCUT2D eigenvalue weighted by Crippen LogP contribution is -2.29. The minimum absolute atomic E-state index is 0.986. The Bertz CT molecular complexity index is 792. The molecular weight excluding hydrogens is 367 g/mol. The van der Waals surface area contributed by atoms with E-state index in [2.05, 4.69) is 110 Å². The normalized spacial score (nSPS) is 10.9. The summed E-state index contributed by atoms with van der Waals surface area (Å²) in [5.41, 5.74) is 3.85. The van der Waals surface area contributed by atoms with Crippen molar-refractivity contribution in [3.05, 3.63) is 91.0 Å².